The lowest BCUT2D eigenvalue weighted by Crippen LogP contribution is -2.48. The van der Waals surface area contributed by atoms with Gasteiger partial charge in [0.15, 0.2) is 0 Å². The Morgan fingerprint density at radius 1 is 1.20 bits per heavy atom. The highest BCUT2D eigenvalue weighted by molar-refractivity contribution is 7.05. The minimum atomic E-state index is 0.233. The summed E-state index contributed by atoms with van der Waals surface area (Å²) in [6, 6.07) is 10.3. The van der Waals surface area contributed by atoms with Crippen molar-refractivity contribution in [3.8, 4) is 0 Å². The summed E-state index contributed by atoms with van der Waals surface area (Å²) in [5.41, 5.74) is 3.20. The first-order valence-electron chi connectivity index (χ1n) is 8.89. The number of carbonyl (C=O) groups is 1. The van der Waals surface area contributed by atoms with Crippen LogP contribution < -0.4 is 5.32 Å². The van der Waals surface area contributed by atoms with E-state index in [1.807, 2.05) is 36.1 Å². The summed E-state index contributed by atoms with van der Waals surface area (Å²) < 4.78 is 4.29. The number of aromatic nitrogens is 1. The minimum Gasteiger partial charge on any atom is -0.380 e. The Labute approximate surface area is 153 Å². The lowest BCUT2D eigenvalue weighted by molar-refractivity contribution is -0.132. The molecule has 2 heterocycles. The third kappa shape index (κ3) is 5.03. The molecule has 25 heavy (non-hydrogen) atoms. The van der Waals surface area contributed by atoms with Crippen LogP contribution in [-0.4, -0.2) is 52.8 Å². The largest absolute Gasteiger partial charge is 0.380 e. The number of hydrogen-bond donors (Lipinski definition) is 1. The summed E-state index contributed by atoms with van der Waals surface area (Å²) in [5, 5.41) is 3.40. The van der Waals surface area contributed by atoms with Crippen molar-refractivity contribution in [1.82, 2.24) is 14.2 Å². The van der Waals surface area contributed by atoms with Crippen LogP contribution in [0.2, 0.25) is 0 Å². The average Bonchev–Trinajstić information content (AvgIpc) is 3.06. The number of likely N-dealkylation sites (N-methyl/N-ethyl adjacent to an activating group) is 1. The molecule has 1 fully saturated rings. The molecule has 6 heteroatoms. The Bertz CT molecular complexity index is 690. The molecule has 134 valence electrons. The second-order valence-corrected chi connectivity index (χ2v) is 7.37. The van der Waals surface area contributed by atoms with Crippen molar-refractivity contribution in [2.24, 2.45) is 0 Å². The maximum absolute atomic E-state index is 12.4. The van der Waals surface area contributed by atoms with E-state index in [0.29, 0.717) is 6.42 Å². The molecule has 1 saturated heterocycles. The normalized spacial score (nSPS) is 15.4. The molecule has 1 aromatic carbocycles. The second-order valence-electron chi connectivity index (χ2n) is 6.48. The van der Waals surface area contributed by atoms with Gasteiger partial charge in [-0.25, -0.2) is 0 Å². The Kier molecular flexibility index (Phi) is 6.04. The van der Waals surface area contributed by atoms with E-state index in [0.717, 1.165) is 56.2 Å². The molecule has 3 rings (SSSR count). The highest BCUT2D eigenvalue weighted by Gasteiger charge is 2.20. The second kappa shape index (κ2) is 8.45. The van der Waals surface area contributed by atoms with Gasteiger partial charge in [-0.05, 0) is 48.8 Å². The summed E-state index contributed by atoms with van der Waals surface area (Å²) in [5.74, 6) is 0.233. The van der Waals surface area contributed by atoms with E-state index in [1.165, 1.54) is 16.4 Å². The molecule has 1 aliphatic heterocycles. The van der Waals surface area contributed by atoms with E-state index in [-0.39, 0.29) is 5.91 Å². The van der Waals surface area contributed by atoms with Gasteiger partial charge in [-0.2, -0.15) is 4.37 Å². The summed E-state index contributed by atoms with van der Waals surface area (Å²) in [4.78, 5) is 18.0. The maximum Gasteiger partial charge on any atom is 0.227 e. The van der Waals surface area contributed by atoms with E-state index in [2.05, 4.69) is 27.6 Å². The number of hydrogen-bond acceptors (Lipinski definition) is 5. The zero-order chi connectivity index (χ0) is 17.6. The Hall–Kier alpha value is -1.92. The zero-order valence-electron chi connectivity index (χ0n) is 15.0. The number of rotatable bonds is 6. The van der Waals surface area contributed by atoms with Crippen LogP contribution in [-0.2, 0) is 17.8 Å². The molecule has 2 aromatic rings. The third-order valence-electron chi connectivity index (χ3n) is 4.63. The first-order chi connectivity index (χ1) is 12.1. The zero-order valence-corrected chi connectivity index (χ0v) is 15.8. The van der Waals surface area contributed by atoms with E-state index in [4.69, 9.17) is 0 Å². The van der Waals surface area contributed by atoms with Gasteiger partial charge in [0.25, 0.3) is 0 Å². The summed E-state index contributed by atoms with van der Waals surface area (Å²) in [6.07, 6.45) is 0.487. The topological polar surface area (TPSA) is 48.5 Å². The van der Waals surface area contributed by atoms with Crippen molar-refractivity contribution in [3.63, 3.8) is 0 Å². The quantitative estimate of drug-likeness (QED) is 0.863. The molecule has 1 aromatic heterocycles. The highest BCUT2D eigenvalue weighted by Crippen LogP contribution is 2.15. The maximum atomic E-state index is 12.4. The predicted octanol–water partition coefficient (Wildman–Crippen LogP) is 2.77. The van der Waals surface area contributed by atoms with Crippen LogP contribution in [0, 0.1) is 6.92 Å². The van der Waals surface area contributed by atoms with Crippen LogP contribution in [0.4, 0.5) is 5.69 Å². The molecule has 0 unspecified atom stereocenters. The lowest BCUT2D eigenvalue weighted by atomic mass is 10.1. The van der Waals surface area contributed by atoms with E-state index >= 15 is 0 Å². The van der Waals surface area contributed by atoms with Crippen molar-refractivity contribution in [2.75, 3.05) is 38.0 Å². The lowest BCUT2D eigenvalue weighted by Gasteiger charge is -2.34. The third-order valence-corrected chi connectivity index (χ3v) is 5.50. The smallest absolute Gasteiger partial charge is 0.227 e. The van der Waals surface area contributed by atoms with E-state index < -0.39 is 0 Å². The van der Waals surface area contributed by atoms with Crippen molar-refractivity contribution in [3.05, 3.63) is 46.5 Å². The molecule has 0 saturated carbocycles. The first kappa shape index (κ1) is 17.9. The molecule has 0 atom stereocenters. The number of nitrogens with zero attached hydrogens (tertiary/aromatic N) is 3. The first-order valence-corrected chi connectivity index (χ1v) is 9.66. The van der Waals surface area contributed by atoms with Gasteiger partial charge in [0, 0.05) is 36.7 Å². The number of benzene rings is 1. The van der Waals surface area contributed by atoms with Gasteiger partial charge < -0.3 is 15.1 Å². The van der Waals surface area contributed by atoms with Crippen molar-refractivity contribution < 1.29 is 4.79 Å². The van der Waals surface area contributed by atoms with Crippen molar-refractivity contribution in [1.29, 1.82) is 0 Å². The van der Waals surface area contributed by atoms with E-state index in [1.54, 1.807) is 0 Å². The summed E-state index contributed by atoms with van der Waals surface area (Å²) in [6.45, 7) is 9.70. The van der Waals surface area contributed by atoms with Gasteiger partial charge in [-0.3, -0.25) is 4.79 Å². The molecule has 1 amide bonds. The standard InChI is InChI=1S/C19H26N4OS/c1-3-22-8-10-23(11-9-22)19(24)13-16-4-6-17(7-5-16)20-14-18-12-15(2)21-25-18/h4-7,12,20H,3,8-11,13-14H2,1-2H3. The molecule has 0 bridgehead atoms. The summed E-state index contributed by atoms with van der Waals surface area (Å²) >= 11 is 1.53. The average molecular weight is 359 g/mol. The minimum absolute atomic E-state index is 0.233. The number of piperazine rings is 1. The van der Waals surface area contributed by atoms with Gasteiger partial charge in [-0.15, -0.1) is 0 Å². The number of nitrogens with one attached hydrogen (secondary N) is 1. The summed E-state index contributed by atoms with van der Waals surface area (Å²) in [7, 11) is 0. The van der Waals surface area contributed by atoms with Gasteiger partial charge in [-0.1, -0.05) is 19.1 Å². The van der Waals surface area contributed by atoms with E-state index in [9.17, 15) is 4.79 Å². The predicted molar refractivity (Wildman–Crippen MR) is 103 cm³/mol. The Morgan fingerprint density at radius 3 is 2.52 bits per heavy atom. The Morgan fingerprint density at radius 2 is 1.92 bits per heavy atom. The molecule has 0 aliphatic carbocycles. The molecular formula is C19H26N4OS. The fourth-order valence-electron chi connectivity index (χ4n) is 3.03. The van der Waals surface area contributed by atoms with Crippen molar-refractivity contribution >= 4 is 23.1 Å². The molecular weight excluding hydrogens is 332 g/mol. The monoisotopic (exact) mass is 358 g/mol. The number of amides is 1. The fourth-order valence-corrected chi connectivity index (χ4v) is 3.70. The number of carbonyl (C=O) groups excluding carboxylic acids is 1. The molecule has 1 N–H and O–H groups in total. The van der Waals surface area contributed by atoms with Crippen LogP contribution in [0.3, 0.4) is 0 Å². The number of aryl methyl sites for hydroxylation is 1. The van der Waals surface area contributed by atoms with Crippen molar-refractivity contribution in [2.45, 2.75) is 26.8 Å². The molecule has 0 radical (unpaired) electrons. The fraction of sp³-hybridized carbons (Fsp3) is 0.474. The van der Waals surface area contributed by atoms with Gasteiger partial charge in [0.1, 0.15) is 0 Å². The van der Waals surface area contributed by atoms with Crippen LogP contribution in [0.1, 0.15) is 23.1 Å². The van der Waals surface area contributed by atoms with Crippen LogP contribution in [0.5, 0.6) is 0 Å². The number of anilines is 1. The van der Waals surface area contributed by atoms with Crippen LogP contribution in [0.15, 0.2) is 30.3 Å². The molecule has 0 spiro atoms. The molecule has 1 aliphatic rings. The van der Waals surface area contributed by atoms with Crippen LogP contribution >= 0.6 is 11.5 Å². The molecule has 5 nitrogen and oxygen atoms in total. The Balaban J connectivity index is 1.48. The van der Waals surface area contributed by atoms with Gasteiger partial charge >= 0.3 is 0 Å². The highest BCUT2D eigenvalue weighted by atomic mass is 32.1. The van der Waals surface area contributed by atoms with Crippen LogP contribution in [0.25, 0.3) is 0 Å². The van der Waals surface area contributed by atoms with Gasteiger partial charge in [0.2, 0.25) is 5.91 Å². The SMILES string of the molecule is CCN1CCN(C(=O)Cc2ccc(NCc3cc(C)ns3)cc2)CC1. The van der Waals surface area contributed by atoms with Gasteiger partial charge in [0.05, 0.1) is 18.7 Å².